The van der Waals surface area contributed by atoms with Crippen molar-refractivity contribution in [3.05, 3.63) is 64.7 Å². The molecule has 0 aromatic heterocycles. The van der Waals surface area contributed by atoms with E-state index in [0.717, 1.165) is 30.3 Å². The van der Waals surface area contributed by atoms with Gasteiger partial charge in [0.05, 0.1) is 7.11 Å². The van der Waals surface area contributed by atoms with Crippen molar-refractivity contribution in [3.8, 4) is 5.75 Å². The third-order valence-electron chi connectivity index (χ3n) is 2.97. The summed E-state index contributed by atoms with van der Waals surface area (Å²) in [5.41, 5.74) is 2.52. The Hall–Kier alpha value is -1.51. The van der Waals surface area contributed by atoms with Gasteiger partial charge in [-0.05, 0) is 48.4 Å². The molecule has 2 nitrogen and oxygen atoms in total. The molecule has 2 aromatic carbocycles. The number of nitrogens with one attached hydrogen (secondary N) is 1. The van der Waals surface area contributed by atoms with Crippen LogP contribution in [0.3, 0.4) is 0 Å². The minimum Gasteiger partial charge on any atom is -0.497 e. The molecule has 0 saturated carbocycles. The Balaban J connectivity index is 1.74. The Bertz CT molecular complexity index is 510. The molecule has 0 unspecified atom stereocenters. The van der Waals surface area contributed by atoms with Crippen molar-refractivity contribution in [2.24, 2.45) is 0 Å². The summed E-state index contributed by atoms with van der Waals surface area (Å²) in [5.74, 6) is 0.891. The van der Waals surface area contributed by atoms with Crippen molar-refractivity contribution in [2.45, 2.75) is 13.0 Å². The van der Waals surface area contributed by atoms with Crippen molar-refractivity contribution in [2.75, 3.05) is 13.7 Å². The number of hydrogen-bond acceptors (Lipinski definition) is 2. The first-order valence-corrected chi connectivity index (χ1v) is 6.74. The van der Waals surface area contributed by atoms with Crippen molar-refractivity contribution >= 4 is 11.6 Å². The lowest BCUT2D eigenvalue weighted by Crippen LogP contribution is -2.16. The summed E-state index contributed by atoms with van der Waals surface area (Å²) < 4.78 is 5.13. The lowest BCUT2D eigenvalue weighted by atomic mass is 10.1. The predicted molar refractivity (Wildman–Crippen MR) is 79.9 cm³/mol. The van der Waals surface area contributed by atoms with Gasteiger partial charge in [-0.15, -0.1) is 0 Å². The summed E-state index contributed by atoms with van der Waals surface area (Å²) in [6, 6.07) is 16.1. The van der Waals surface area contributed by atoms with Gasteiger partial charge in [0.2, 0.25) is 0 Å². The standard InChI is InChI=1S/C16H18ClNO/c1-19-16-7-5-14(6-8-16)12-18-10-9-13-3-2-4-15(17)11-13/h2-8,11,18H,9-10,12H2,1H3. The molecular weight excluding hydrogens is 258 g/mol. The van der Waals surface area contributed by atoms with Crippen molar-refractivity contribution < 1.29 is 4.74 Å². The van der Waals surface area contributed by atoms with Crippen molar-refractivity contribution in [3.63, 3.8) is 0 Å². The van der Waals surface area contributed by atoms with E-state index in [1.54, 1.807) is 7.11 Å². The van der Waals surface area contributed by atoms with E-state index < -0.39 is 0 Å². The molecule has 2 rings (SSSR count). The van der Waals surface area contributed by atoms with E-state index in [0.29, 0.717) is 0 Å². The fraction of sp³-hybridized carbons (Fsp3) is 0.250. The molecular formula is C16H18ClNO. The molecule has 3 heteroatoms. The molecule has 0 heterocycles. The van der Waals surface area contributed by atoms with Gasteiger partial charge in [0.25, 0.3) is 0 Å². The second kappa shape index (κ2) is 7.17. The second-order valence-corrected chi connectivity index (χ2v) is 4.84. The van der Waals surface area contributed by atoms with Crippen LogP contribution in [0.1, 0.15) is 11.1 Å². The molecule has 0 saturated heterocycles. The normalized spacial score (nSPS) is 10.4. The third-order valence-corrected chi connectivity index (χ3v) is 3.20. The van der Waals surface area contributed by atoms with Gasteiger partial charge in [-0.1, -0.05) is 35.9 Å². The molecule has 0 amide bonds. The fourth-order valence-corrected chi connectivity index (χ4v) is 2.11. The average Bonchev–Trinajstić information content (AvgIpc) is 2.44. The van der Waals surface area contributed by atoms with Crippen LogP contribution < -0.4 is 10.1 Å². The number of methoxy groups -OCH3 is 1. The van der Waals surface area contributed by atoms with Crippen LogP contribution in [0.4, 0.5) is 0 Å². The van der Waals surface area contributed by atoms with E-state index in [2.05, 4.69) is 23.5 Å². The average molecular weight is 276 g/mol. The molecule has 0 bridgehead atoms. The Morgan fingerprint density at radius 1 is 1.05 bits per heavy atom. The Morgan fingerprint density at radius 2 is 1.84 bits per heavy atom. The number of rotatable bonds is 6. The molecule has 19 heavy (non-hydrogen) atoms. The van der Waals surface area contributed by atoms with Crippen molar-refractivity contribution in [1.82, 2.24) is 5.32 Å². The maximum absolute atomic E-state index is 5.95. The zero-order valence-corrected chi connectivity index (χ0v) is 11.8. The summed E-state index contributed by atoms with van der Waals surface area (Å²) in [5, 5.41) is 4.22. The predicted octanol–water partition coefficient (Wildman–Crippen LogP) is 3.68. The molecule has 0 aliphatic carbocycles. The highest BCUT2D eigenvalue weighted by Crippen LogP contribution is 2.12. The Morgan fingerprint density at radius 3 is 2.53 bits per heavy atom. The first kappa shape index (κ1) is 13.9. The van der Waals surface area contributed by atoms with Crippen LogP contribution in [0, 0.1) is 0 Å². The first-order chi connectivity index (χ1) is 9.28. The lowest BCUT2D eigenvalue weighted by Gasteiger charge is -2.06. The number of hydrogen-bond donors (Lipinski definition) is 1. The molecule has 2 aromatic rings. The van der Waals surface area contributed by atoms with E-state index in [9.17, 15) is 0 Å². The van der Waals surface area contributed by atoms with Crippen LogP contribution in [0.25, 0.3) is 0 Å². The van der Waals surface area contributed by atoms with Crippen molar-refractivity contribution in [1.29, 1.82) is 0 Å². The van der Waals surface area contributed by atoms with Gasteiger partial charge in [0, 0.05) is 11.6 Å². The van der Waals surface area contributed by atoms with Crippen LogP contribution in [0.15, 0.2) is 48.5 Å². The van der Waals surface area contributed by atoms with Crippen LogP contribution >= 0.6 is 11.6 Å². The summed E-state index contributed by atoms with van der Waals surface area (Å²) in [6.07, 6.45) is 0.983. The SMILES string of the molecule is COc1ccc(CNCCc2cccc(Cl)c2)cc1. The van der Waals surface area contributed by atoms with Crippen LogP contribution in [-0.4, -0.2) is 13.7 Å². The van der Waals surface area contributed by atoms with Gasteiger partial charge in [-0.3, -0.25) is 0 Å². The summed E-state index contributed by atoms with van der Waals surface area (Å²) in [4.78, 5) is 0. The van der Waals surface area contributed by atoms with E-state index in [1.165, 1.54) is 11.1 Å². The van der Waals surface area contributed by atoms with Crippen LogP contribution in [0.5, 0.6) is 5.75 Å². The molecule has 1 N–H and O–H groups in total. The van der Waals surface area contributed by atoms with Gasteiger partial charge in [0.1, 0.15) is 5.75 Å². The Kier molecular flexibility index (Phi) is 5.25. The maximum Gasteiger partial charge on any atom is 0.118 e. The topological polar surface area (TPSA) is 21.3 Å². The highest BCUT2D eigenvalue weighted by Gasteiger charge is 1.96. The molecule has 0 aliphatic rings. The monoisotopic (exact) mass is 275 g/mol. The molecule has 100 valence electrons. The third kappa shape index (κ3) is 4.58. The van der Waals surface area contributed by atoms with Gasteiger partial charge in [-0.25, -0.2) is 0 Å². The highest BCUT2D eigenvalue weighted by molar-refractivity contribution is 6.30. The molecule has 0 aliphatic heterocycles. The molecule has 0 atom stereocenters. The van der Waals surface area contributed by atoms with Gasteiger partial charge in [0.15, 0.2) is 0 Å². The fourth-order valence-electron chi connectivity index (χ4n) is 1.90. The number of ether oxygens (including phenoxy) is 1. The molecule has 0 radical (unpaired) electrons. The number of benzene rings is 2. The van der Waals surface area contributed by atoms with E-state index >= 15 is 0 Å². The Labute approximate surface area is 119 Å². The zero-order chi connectivity index (χ0) is 13.5. The van der Waals surface area contributed by atoms with Gasteiger partial charge < -0.3 is 10.1 Å². The summed E-state index contributed by atoms with van der Waals surface area (Å²) >= 11 is 5.95. The lowest BCUT2D eigenvalue weighted by molar-refractivity contribution is 0.414. The van der Waals surface area contributed by atoms with E-state index in [1.807, 2.05) is 30.3 Å². The van der Waals surface area contributed by atoms with E-state index in [-0.39, 0.29) is 0 Å². The van der Waals surface area contributed by atoms with E-state index in [4.69, 9.17) is 16.3 Å². The summed E-state index contributed by atoms with van der Waals surface area (Å²) in [7, 11) is 1.68. The van der Waals surface area contributed by atoms with Gasteiger partial charge >= 0.3 is 0 Å². The number of halogens is 1. The zero-order valence-electron chi connectivity index (χ0n) is 11.0. The maximum atomic E-state index is 5.95. The largest absolute Gasteiger partial charge is 0.497 e. The smallest absolute Gasteiger partial charge is 0.118 e. The first-order valence-electron chi connectivity index (χ1n) is 6.36. The van der Waals surface area contributed by atoms with Crippen LogP contribution in [-0.2, 0) is 13.0 Å². The molecule has 0 spiro atoms. The minimum atomic E-state index is 0.799. The quantitative estimate of drug-likeness (QED) is 0.812. The second-order valence-electron chi connectivity index (χ2n) is 4.40. The van der Waals surface area contributed by atoms with Gasteiger partial charge in [-0.2, -0.15) is 0 Å². The molecule has 0 fully saturated rings. The highest BCUT2D eigenvalue weighted by atomic mass is 35.5. The summed E-state index contributed by atoms with van der Waals surface area (Å²) in [6.45, 7) is 1.80. The van der Waals surface area contributed by atoms with Crippen LogP contribution in [0.2, 0.25) is 5.02 Å². The minimum absolute atomic E-state index is 0.799.